The maximum atomic E-state index is 12.8. The molecule has 1 atom stereocenters. The van der Waals surface area contributed by atoms with E-state index >= 15 is 0 Å². The van der Waals surface area contributed by atoms with E-state index in [9.17, 15) is 9.59 Å². The lowest BCUT2D eigenvalue weighted by Gasteiger charge is -2.43. The number of nitrogens with zero attached hydrogens (tertiary/aromatic N) is 3. The van der Waals surface area contributed by atoms with E-state index in [1.807, 2.05) is 0 Å². The second-order valence-electron chi connectivity index (χ2n) is 7.79. The number of pyridine rings is 1. The number of H-pyrrole nitrogens is 1. The fraction of sp³-hybridized carbons (Fsp3) is 0.429. The van der Waals surface area contributed by atoms with E-state index in [0.29, 0.717) is 48.1 Å². The van der Waals surface area contributed by atoms with Crippen LogP contribution in [0.3, 0.4) is 0 Å². The predicted octanol–water partition coefficient (Wildman–Crippen LogP) is 0.890. The number of nitrogen functional groups attached to an aromatic ring is 1. The SMILES string of the molecule is COc1nccc(-c2c[nH]c(=O)c(C(C3CC3)C3CN(C(=O)/C=C/CN)C3)c2N)n1. The summed E-state index contributed by atoms with van der Waals surface area (Å²) >= 11 is 0. The summed E-state index contributed by atoms with van der Waals surface area (Å²) in [6.45, 7) is 1.55. The summed E-state index contributed by atoms with van der Waals surface area (Å²) in [7, 11) is 1.50. The number of aromatic amines is 1. The molecule has 3 heterocycles. The molecule has 4 rings (SSSR count). The highest BCUT2D eigenvalue weighted by molar-refractivity contribution is 5.88. The minimum absolute atomic E-state index is 0.0139. The number of nitrogens with one attached hydrogen (secondary N) is 1. The van der Waals surface area contributed by atoms with Gasteiger partial charge >= 0.3 is 6.01 Å². The number of ether oxygens (including phenoxy) is 1. The molecule has 1 saturated carbocycles. The lowest BCUT2D eigenvalue weighted by atomic mass is 9.77. The number of rotatable bonds is 7. The van der Waals surface area contributed by atoms with E-state index in [-0.39, 0.29) is 29.3 Å². The van der Waals surface area contributed by atoms with Gasteiger partial charge in [0.25, 0.3) is 5.56 Å². The van der Waals surface area contributed by atoms with Crippen molar-refractivity contribution in [1.82, 2.24) is 19.9 Å². The van der Waals surface area contributed by atoms with E-state index < -0.39 is 0 Å². The summed E-state index contributed by atoms with van der Waals surface area (Å²) in [4.78, 5) is 38.0. The smallest absolute Gasteiger partial charge is 0.316 e. The Labute approximate surface area is 174 Å². The molecule has 2 aromatic rings. The van der Waals surface area contributed by atoms with Crippen LogP contribution >= 0.6 is 0 Å². The van der Waals surface area contributed by atoms with Gasteiger partial charge in [0, 0.05) is 61.1 Å². The Hall–Kier alpha value is -3.20. The minimum atomic E-state index is -0.179. The van der Waals surface area contributed by atoms with Crippen LogP contribution in [0.25, 0.3) is 11.3 Å². The average molecular weight is 410 g/mol. The molecule has 2 aliphatic rings. The van der Waals surface area contributed by atoms with Gasteiger partial charge in [-0.2, -0.15) is 4.98 Å². The first kappa shape index (κ1) is 20.1. The van der Waals surface area contributed by atoms with E-state index in [2.05, 4.69) is 15.0 Å². The first-order valence-electron chi connectivity index (χ1n) is 10.1. The highest BCUT2D eigenvalue weighted by Gasteiger charge is 2.45. The molecule has 0 spiro atoms. The number of aromatic nitrogens is 3. The summed E-state index contributed by atoms with van der Waals surface area (Å²) in [5, 5.41) is 0. The third-order valence-corrected chi connectivity index (χ3v) is 5.85. The zero-order valence-corrected chi connectivity index (χ0v) is 16.9. The highest BCUT2D eigenvalue weighted by atomic mass is 16.5. The van der Waals surface area contributed by atoms with Crippen molar-refractivity contribution in [3.8, 4) is 17.3 Å². The molecule has 1 unspecified atom stereocenters. The van der Waals surface area contributed by atoms with Crippen LogP contribution < -0.4 is 21.8 Å². The molecule has 2 fully saturated rings. The fourth-order valence-electron chi connectivity index (χ4n) is 4.20. The number of anilines is 1. The summed E-state index contributed by atoms with van der Waals surface area (Å²) in [6, 6.07) is 1.97. The van der Waals surface area contributed by atoms with Crippen LogP contribution in [0.15, 0.2) is 35.4 Å². The fourth-order valence-corrected chi connectivity index (χ4v) is 4.20. The minimum Gasteiger partial charge on any atom is -0.467 e. The number of hydrogen-bond acceptors (Lipinski definition) is 7. The number of carbonyl (C=O) groups excluding carboxylic acids is 1. The second-order valence-corrected chi connectivity index (χ2v) is 7.79. The third-order valence-electron chi connectivity index (χ3n) is 5.85. The third kappa shape index (κ3) is 3.80. The van der Waals surface area contributed by atoms with Crippen molar-refractivity contribution in [3.63, 3.8) is 0 Å². The van der Waals surface area contributed by atoms with Gasteiger partial charge < -0.3 is 26.1 Å². The predicted molar refractivity (Wildman–Crippen MR) is 113 cm³/mol. The molecule has 1 saturated heterocycles. The molecule has 1 amide bonds. The molecule has 0 bridgehead atoms. The summed E-state index contributed by atoms with van der Waals surface area (Å²) in [6.07, 6.45) is 8.46. The summed E-state index contributed by atoms with van der Waals surface area (Å²) < 4.78 is 5.11. The van der Waals surface area contributed by atoms with Crippen molar-refractivity contribution >= 4 is 11.6 Å². The molecule has 9 nitrogen and oxygen atoms in total. The lowest BCUT2D eigenvalue weighted by Crippen LogP contribution is -2.52. The van der Waals surface area contributed by atoms with E-state index in [1.165, 1.54) is 13.2 Å². The number of nitrogens with two attached hydrogens (primary N) is 2. The number of likely N-dealkylation sites (tertiary alicyclic amines) is 1. The molecule has 0 radical (unpaired) electrons. The normalized spacial score (nSPS) is 17.7. The van der Waals surface area contributed by atoms with E-state index in [1.54, 1.807) is 29.4 Å². The Morgan fingerprint density at radius 2 is 2.17 bits per heavy atom. The van der Waals surface area contributed by atoms with Gasteiger partial charge in [0.1, 0.15) is 0 Å². The maximum Gasteiger partial charge on any atom is 0.316 e. The molecule has 9 heteroatoms. The topological polar surface area (TPSA) is 140 Å². The van der Waals surface area contributed by atoms with Gasteiger partial charge in [-0.1, -0.05) is 6.08 Å². The maximum absolute atomic E-state index is 12.8. The molecule has 30 heavy (non-hydrogen) atoms. The van der Waals surface area contributed by atoms with Gasteiger partial charge in [-0.3, -0.25) is 9.59 Å². The Kier molecular flexibility index (Phi) is 5.54. The van der Waals surface area contributed by atoms with Crippen molar-refractivity contribution in [2.24, 2.45) is 17.6 Å². The lowest BCUT2D eigenvalue weighted by molar-refractivity contribution is -0.132. The standard InChI is InChI=1S/C21H26N6O3/c1-30-21-24-8-6-15(26-21)14-9-25-20(29)18(19(14)23)17(12-4-5-12)13-10-27(11-13)16(28)3-2-7-22/h2-3,6,8-9,12-13,17H,4-5,7,10-11,22H2,1H3,(H3,23,25,29)/b3-2+. The van der Waals surface area contributed by atoms with Crippen LogP contribution in [0, 0.1) is 11.8 Å². The van der Waals surface area contributed by atoms with Crippen LogP contribution in [0.1, 0.15) is 24.3 Å². The zero-order valence-electron chi connectivity index (χ0n) is 16.9. The zero-order chi connectivity index (χ0) is 21.3. The first-order valence-corrected chi connectivity index (χ1v) is 10.1. The molecule has 158 valence electrons. The van der Waals surface area contributed by atoms with Gasteiger partial charge in [-0.15, -0.1) is 0 Å². The van der Waals surface area contributed by atoms with Crippen LogP contribution in [0.5, 0.6) is 6.01 Å². The number of amides is 1. The molecule has 2 aromatic heterocycles. The first-order chi connectivity index (χ1) is 14.5. The van der Waals surface area contributed by atoms with Crippen LogP contribution in [0.2, 0.25) is 0 Å². The molecule has 5 N–H and O–H groups in total. The van der Waals surface area contributed by atoms with Gasteiger partial charge in [-0.25, -0.2) is 4.98 Å². The van der Waals surface area contributed by atoms with Crippen molar-refractivity contribution < 1.29 is 9.53 Å². The largest absolute Gasteiger partial charge is 0.467 e. The monoisotopic (exact) mass is 410 g/mol. The number of methoxy groups -OCH3 is 1. The van der Waals surface area contributed by atoms with Gasteiger partial charge in [0.2, 0.25) is 5.91 Å². The van der Waals surface area contributed by atoms with Crippen molar-refractivity contribution in [2.45, 2.75) is 18.8 Å². The van der Waals surface area contributed by atoms with Crippen LogP contribution in [-0.2, 0) is 4.79 Å². The Balaban J connectivity index is 1.64. The van der Waals surface area contributed by atoms with Crippen molar-refractivity contribution in [3.05, 3.63) is 46.5 Å². The molecule has 1 aliphatic heterocycles. The quantitative estimate of drug-likeness (QED) is 0.576. The van der Waals surface area contributed by atoms with Crippen molar-refractivity contribution in [1.29, 1.82) is 0 Å². The second kappa shape index (κ2) is 8.27. The Morgan fingerprint density at radius 3 is 2.83 bits per heavy atom. The van der Waals surface area contributed by atoms with Gasteiger partial charge in [-0.05, 0) is 24.8 Å². The molecule has 0 aromatic carbocycles. The Morgan fingerprint density at radius 1 is 1.40 bits per heavy atom. The number of hydrogen-bond donors (Lipinski definition) is 3. The average Bonchev–Trinajstić information content (AvgIpc) is 3.55. The van der Waals surface area contributed by atoms with E-state index in [4.69, 9.17) is 16.2 Å². The number of carbonyl (C=O) groups is 1. The van der Waals surface area contributed by atoms with Gasteiger partial charge in [0.15, 0.2) is 0 Å². The molecular formula is C21H26N6O3. The highest BCUT2D eigenvalue weighted by Crippen LogP contribution is 2.50. The van der Waals surface area contributed by atoms with Crippen LogP contribution in [0.4, 0.5) is 5.69 Å². The molecular weight excluding hydrogens is 384 g/mol. The summed E-state index contributed by atoms with van der Waals surface area (Å²) in [5.74, 6) is 0.576. The summed E-state index contributed by atoms with van der Waals surface area (Å²) in [5.41, 5.74) is 14.0. The van der Waals surface area contributed by atoms with Crippen molar-refractivity contribution in [2.75, 3.05) is 32.5 Å². The van der Waals surface area contributed by atoms with Gasteiger partial charge in [0.05, 0.1) is 18.5 Å². The molecule has 1 aliphatic carbocycles. The Bertz CT molecular complexity index is 1020. The van der Waals surface area contributed by atoms with Crippen LogP contribution in [-0.4, -0.2) is 52.5 Å². The van der Waals surface area contributed by atoms with E-state index in [0.717, 1.165) is 12.8 Å².